The van der Waals surface area contributed by atoms with E-state index in [1.807, 2.05) is 0 Å². The summed E-state index contributed by atoms with van der Waals surface area (Å²) in [6.07, 6.45) is 4.50. The Kier molecular flexibility index (Phi) is 3.10. The highest BCUT2D eigenvalue weighted by Gasteiger charge is 2.16. The van der Waals surface area contributed by atoms with Crippen LogP contribution in [-0.2, 0) is 0 Å². The molecule has 0 fully saturated rings. The number of hydrogen-bond acceptors (Lipinski definition) is 1. The van der Waals surface area contributed by atoms with Gasteiger partial charge in [0.15, 0.2) is 0 Å². The molecule has 0 aliphatic heterocycles. The van der Waals surface area contributed by atoms with Gasteiger partial charge < -0.3 is 5.11 Å². The molecule has 68 valence electrons. The summed E-state index contributed by atoms with van der Waals surface area (Å²) in [4.78, 5) is 0. The van der Waals surface area contributed by atoms with E-state index in [9.17, 15) is 0 Å². The molecular weight excluding hydrogens is 148 g/mol. The van der Waals surface area contributed by atoms with Gasteiger partial charge in [-0.2, -0.15) is 0 Å². The van der Waals surface area contributed by atoms with Gasteiger partial charge in [0.2, 0.25) is 0 Å². The topological polar surface area (TPSA) is 20.2 Å². The summed E-state index contributed by atoms with van der Waals surface area (Å²) < 4.78 is 0. The van der Waals surface area contributed by atoms with Crippen LogP contribution in [-0.4, -0.2) is 11.7 Å². The quantitative estimate of drug-likeness (QED) is 0.594. The normalized spacial score (nSPS) is 23.8. The average Bonchev–Trinajstić information content (AvgIpc) is 2.03. The van der Waals surface area contributed by atoms with Gasteiger partial charge in [-0.1, -0.05) is 22.8 Å². The van der Waals surface area contributed by atoms with E-state index < -0.39 is 0 Å². The molecule has 0 radical (unpaired) electrons. The van der Waals surface area contributed by atoms with Crippen molar-refractivity contribution in [2.24, 2.45) is 5.92 Å². The summed E-state index contributed by atoms with van der Waals surface area (Å²) in [6, 6.07) is 0. The van der Waals surface area contributed by atoms with Crippen molar-refractivity contribution in [3.63, 3.8) is 0 Å². The lowest BCUT2D eigenvalue weighted by molar-refractivity contribution is 0.263. The summed E-state index contributed by atoms with van der Waals surface area (Å²) in [7, 11) is 0. The lowest BCUT2D eigenvalue weighted by Gasteiger charge is -2.23. The Bertz CT molecular complexity index is 219. The van der Waals surface area contributed by atoms with Gasteiger partial charge in [-0.3, -0.25) is 0 Å². The number of hydrogen-bond donors (Lipinski definition) is 1. The van der Waals surface area contributed by atoms with Crippen LogP contribution >= 0.6 is 0 Å². The third-order valence-corrected chi connectivity index (χ3v) is 2.56. The molecule has 0 amide bonds. The van der Waals surface area contributed by atoms with Crippen LogP contribution < -0.4 is 0 Å². The Morgan fingerprint density at radius 2 is 2.17 bits per heavy atom. The molecule has 0 aromatic carbocycles. The lowest BCUT2D eigenvalue weighted by atomic mass is 9.84. The summed E-state index contributed by atoms with van der Waals surface area (Å²) >= 11 is 0. The van der Waals surface area contributed by atoms with Crippen LogP contribution in [0.4, 0.5) is 0 Å². The first-order valence-electron chi connectivity index (χ1n) is 4.59. The molecule has 0 saturated carbocycles. The van der Waals surface area contributed by atoms with Crippen LogP contribution in [0.25, 0.3) is 0 Å². The van der Waals surface area contributed by atoms with Crippen LogP contribution in [0.2, 0.25) is 0 Å². The molecule has 0 heterocycles. The van der Waals surface area contributed by atoms with E-state index in [0.717, 1.165) is 12.8 Å². The second-order valence-electron chi connectivity index (χ2n) is 3.83. The third-order valence-electron chi connectivity index (χ3n) is 2.56. The van der Waals surface area contributed by atoms with Crippen molar-refractivity contribution in [3.8, 4) is 0 Å². The van der Waals surface area contributed by atoms with Crippen molar-refractivity contribution in [1.29, 1.82) is 0 Å². The predicted octanol–water partition coefficient (Wildman–Crippen LogP) is 2.67. The minimum atomic E-state index is 0.262. The number of rotatable bonds is 1. The van der Waals surface area contributed by atoms with Crippen LogP contribution in [0.3, 0.4) is 0 Å². The Labute approximate surface area is 74.8 Å². The van der Waals surface area contributed by atoms with E-state index in [1.54, 1.807) is 0 Å². The molecule has 0 saturated heterocycles. The maximum Gasteiger partial charge on any atom is 0.0531 e. The van der Waals surface area contributed by atoms with Gasteiger partial charge in [0.1, 0.15) is 0 Å². The molecule has 1 aliphatic rings. The second kappa shape index (κ2) is 3.90. The fraction of sp³-hybridized carbons (Fsp3) is 0.636. The third kappa shape index (κ3) is 1.98. The van der Waals surface area contributed by atoms with Crippen molar-refractivity contribution >= 4 is 0 Å². The molecular formula is C11H18O. The molecule has 1 heteroatoms. The Morgan fingerprint density at radius 1 is 1.50 bits per heavy atom. The first-order chi connectivity index (χ1) is 5.65. The first-order valence-corrected chi connectivity index (χ1v) is 4.59. The fourth-order valence-electron chi connectivity index (χ4n) is 1.83. The zero-order valence-electron chi connectivity index (χ0n) is 8.22. The van der Waals surface area contributed by atoms with E-state index in [-0.39, 0.29) is 6.61 Å². The van der Waals surface area contributed by atoms with Gasteiger partial charge in [-0.25, -0.2) is 0 Å². The van der Waals surface area contributed by atoms with Crippen molar-refractivity contribution in [2.75, 3.05) is 6.61 Å². The predicted molar refractivity (Wildman–Crippen MR) is 51.9 cm³/mol. The molecule has 0 spiro atoms. The Hall–Kier alpha value is -0.560. The van der Waals surface area contributed by atoms with E-state index in [1.165, 1.54) is 16.7 Å². The number of aliphatic hydroxyl groups excluding tert-OH is 1. The van der Waals surface area contributed by atoms with Gasteiger partial charge in [0, 0.05) is 5.92 Å². The molecule has 1 N–H and O–H groups in total. The Morgan fingerprint density at radius 3 is 2.67 bits per heavy atom. The van der Waals surface area contributed by atoms with Gasteiger partial charge in [-0.05, 0) is 33.6 Å². The van der Waals surface area contributed by atoms with Crippen molar-refractivity contribution in [3.05, 3.63) is 22.8 Å². The van der Waals surface area contributed by atoms with E-state index in [2.05, 4.69) is 26.8 Å². The highest BCUT2D eigenvalue weighted by molar-refractivity contribution is 5.25. The highest BCUT2D eigenvalue weighted by atomic mass is 16.3. The largest absolute Gasteiger partial charge is 0.395 e. The van der Waals surface area contributed by atoms with Crippen LogP contribution in [0, 0.1) is 5.92 Å². The molecule has 1 aliphatic carbocycles. The Balaban J connectivity index is 2.88. The molecule has 1 atom stereocenters. The molecule has 1 unspecified atom stereocenters. The fourth-order valence-corrected chi connectivity index (χ4v) is 1.83. The minimum absolute atomic E-state index is 0.262. The number of aliphatic hydroxyl groups is 1. The first kappa shape index (κ1) is 9.53. The summed E-state index contributed by atoms with van der Waals surface area (Å²) in [5, 5.41) is 9.15. The van der Waals surface area contributed by atoms with Crippen LogP contribution in [0.1, 0.15) is 33.6 Å². The SMILES string of the molecule is CC1=CC(CO)C(=C(C)C)CC1. The van der Waals surface area contributed by atoms with Gasteiger partial charge in [0.05, 0.1) is 6.61 Å². The average molecular weight is 166 g/mol. The molecule has 1 rings (SSSR count). The number of allylic oxidation sites excluding steroid dienone is 2. The van der Waals surface area contributed by atoms with Gasteiger partial charge in [-0.15, -0.1) is 0 Å². The summed E-state index contributed by atoms with van der Waals surface area (Å²) in [6.45, 7) is 6.67. The second-order valence-corrected chi connectivity index (χ2v) is 3.83. The summed E-state index contributed by atoms with van der Waals surface area (Å²) in [5.41, 5.74) is 4.22. The molecule has 0 bridgehead atoms. The van der Waals surface area contributed by atoms with Crippen LogP contribution in [0.5, 0.6) is 0 Å². The van der Waals surface area contributed by atoms with E-state index in [0.29, 0.717) is 5.92 Å². The van der Waals surface area contributed by atoms with E-state index in [4.69, 9.17) is 5.11 Å². The van der Waals surface area contributed by atoms with Crippen molar-refractivity contribution in [2.45, 2.75) is 33.6 Å². The smallest absolute Gasteiger partial charge is 0.0531 e. The van der Waals surface area contributed by atoms with Gasteiger partial charge in [0.25, 0.3) is 0 Å². The van der Waals surface area contributed by atoms with Gasteiger partial charge >= 0.3 is 0 Å². The molecule has 12 heavy (non-hydrogen) atoms. The minimum Gasteiger partial charge on any atom is -0.395 e. The molecule has 0 aromatic rings. The van der Waals surface area contributed by atoms with E-state index >= 15 is 0 Å². The maximum absolute atomic E-state index is 9.15. The summed E-state index contributed by atoms with van der Waals surface area (Å²) in [5.74, 6) is 0.295. The molecule has 1 nitrogen and oxygen atoms in total. The zero-order valence-corrected chi connectivity index (χ0v) is 8.22. The molecule has 0 aromatic heterocycles. The maximum atomic E-state index is 9.15. The monoisotopic (exact) mass is 166 g/mol. The highest BCUT2D eigenvalue weighted by Crippen LogP contribution is 2.29. The lowest BCUT2D eigenvalue weighted by Crippen LogP contribution is -2.12. The van der Waals surface area contributed by atoms with Crippen molar-refractivity contribution < 1.29 is 5.11 Å². The standard InChI is InChI=1S/C11H18O/c1-8(2)11-5-4-9(3)6-10(11)7-12/h6,10,12H,4-5,7H2,1-3H3. The van der Waals surface area contributed by atoms with Crippen molar-refractivity contribution in [1.82, 2.24) is 0 Å². The van der Waals surface area contributed by atoms with Crippen LogP contribution in [0.15, 0.2) is 22.8 Å². The zero-order chi connectivity index (χ0) is 9.14.